The van der Waals surface area contributed by atoms with Crippen molar-refractivity contribution in [3.63, 3.8) is 0 Å². The summed E-state index contributed by atoms with van der Waals surface area (Å²) in [5.74, 6) is -0.122. The molecule has 0 aliphatic rings. The Kier molecular flexibility index (Phi) is 15.3. The maximum absolute atomic E-state index is 11.9. The Morgan fingerprint density at radius 1 is 1.22 bits per heavy atom. The highest BCUT2D eigenvalue weighted by molar-refractivity contribution is 8.54. The third-order valence-electron chi connectivity index (χ3n) is 3.65. The van der Waals surface area contributed by atoms with Gasteiger partial charge in [-0.1, -0.05) is 38.3 Å². The number of nitrogens with two attached hydrogens (primary N) is 1. The van der Waals surface area contributed by atoms with Gasteiger partial charge >= 0.3 is 5.97 Å². The summed E-state index contributed by atoms with van der Waals surface area (Å²) >= 11 is 1.38. The monoisotopic (exact) mass is 364 g/mol. The fourth-order valence-corrected chi connectivity index (χ4v) is 4.96. The number of ether oxygens (including phenoxy) is 1. The molecule has 0 fully saturated rings. The minimum atomic E-state index is -0.341. The molecule has 0 aromatic rings. The number of nitrogens with one attached hydrogen (secondary N) is 1. The Hall–Kier alpha value is -0.160. The van der Waals surface area contributed by atoms with Crippen molar-refractivity contribution in [1.82, 2.24) is 5.32 Å². The first kappa shape index (κ1) is 22.8. The van der Waals surface area contributed by atoms with Crippen molar-refractivity contribution in [2.24, 2.45) is 5.14 Å². The van der Waals surface area contributed by atoms with Crippen molar-refractivity contribution < 1.29 is 14.3 Å². The van der Waals surface area contributed by atoms with Crippen LogP contribution in [0.4, 0.5) is 0 Å². The minimum Gasteiger partial charge on any atom is -0.466 e. The molecule has 1 unspecified atom stereocenters. The van der Waals surface area contributed by atoms with Crippen LogP contribution < -0.4 is 10.5 Å². The van der Waals surface area contributed by atoms with Gasteiger partial charge in [0.25, 0.3) is 0 Å². The number of carbonyl (C=O) groups excluding carboxylic acids is 2. The summed E-state index contributed by atoms with van der Waals surface area (Å²) in [4.78, 5) is 23.5. The van der Waals surface area contributed by atoms with Crippen LogP contribution in [0.3, 0.4) is 0 Å². The number of esters is 1. The van der Waals surface area contributed by atoms with Crippen molar-refractivity contribution in [2.75, 3.05) is 26.4 Å². The Morgan fingerprint density at radius 2 is 1.91 bits per heavy atom. The van der Waals surface area contributed by atoms with Crippen LogP contribution in [0.15, 0.2) is 0 Å². The lowest BCUT2D eigenvalue weighted by atomic mass is 10.1. The Balaban J connectivity index is 3.66. The average Bonchev–Trinajstić information content (AvgIpc) is 2.53. The van der Waals surface area contributed by atoms with Gasteiger partial charge in [-0.05, 0) is 45.4 Å². The lowest BCUT2D eigenvalue weighted by Gasteiger charge is -2.19. The SMILES string of the molecule is CCP(SN)[C@@H](C)CC(=O)CCC(=O)OCCCCCCNC. The second-order valence-corrected chi connectivity index (χ2v) is 10.3. The van der Waals surface area contributed by atoms with Gasteiger partial charge in [0.1, 0.15) is 5.78 Å². The van der Waals surface area contributed by atoms with Gasteiger partial charge in [0.05, 0.1) is 13.0 Å². The number of carbonyl (C=O) groups is 2. The van der Waals surface area contributed by atoms with Crippen molar-refractivity contribution in [2.45, 2.75) is 64.5 Å². The van der Waals surface area contributed by atoms with E-state index in [9.17, 15) is 9.59 Å². The molecule has 7 heteroatoms. The molecule has 0 amide bonds. The van der Waals surface area contributed by atoms with Crippen LogP contribution in [0.1, 0.15) is 58.8 Å². The average molecular weight is 364 g/mol. The molecule has 0 aromatic carbocycles. The highest BCUT2D eigenvalue weighted by Gasteiger charge is 2.18. The van der Waals surface area contributed by atoms with Gasteiger partial charge in [-0.3, -0.25) is 14.7 Å². The summed E-state index contributed by atoms with van der Waals surface area (Å²) in [5.41, 5.74) is 0.311. The molecule has 0 saturated carbocycles. The standard InChI is InChI=1S/C16H33N2O3PS/c1-4-22(23-17)14(2)13-15(19)9-10-16(20)21-12-8-6-5-7-11-18-3/h14,18H,4-13,17H2,1-3H3/t14-,22?/m0/s1. The van der Waals surface area contributed by atoms with Gasteiger partial charge in [-0.15, -0.1) is 0 Å². The summed E-state index contributed by atoms with van der Waals surface area (Å²) < 4.78 is 5.17. The maximum Gasteiger partial charge on any atom is 0.306 e. The quantitative estimate of drug-likeness (QED) is 0.200. The first-order valence-electron chi connectivity index (χ1n) is 8.50. The van der Waals surface area contributed by atoms with Gasteiger partial charge in [0, 0.05) is 12.8 Å². The second kappa shape index (κ2) is 15.4. The molecule has 0 bridgehead atoms. The zero-order valence-electron chi connectivity index (χ0n) is 14.8. The molecule has 2 atom stereocenters. The van der Waals surface area contributed by atoms with Gasteiger partial charge in [-0.25, -0.2) is 0 Å². The van der Waals surface area contributed by atoms with Crippen molar-refractivity contribution in [3.05, 3.63) is 0 Å². The largest absolute Gasteiger partial charge is 0.466 e. The fourth-order valence-electron chi connectivity index (χ4n) is 2.28. The van der Waals surface area contributed by atoms with E-state index in [4.69, 9.17) is 9.88 Å². The zero-order chi connectivity index (χ0) is 17.5. The molecule has 0 heterocycles. The molecule has 0 saturated heterocycles. The van der Waals surface area contributed by atoms with Crippen LogP contribution in [-0.4, -0.2) is 43.8 Å². The Bertz CT molecular complexity index is 328. The molecule has 0 aromatic heterocycles. The topological polar surface area (TPSA) is 81.4 Å². The van der Waals surface area contributed by atoms with E-state index in [0.717, 1.165) is 38.4 Å². The van der Waals surface area contributed by atoms with Crippen molar-refractivity contribution >= 4 is 30.4 Å². The van der Waals surface area contributed by atoms with Crippen molar-refractivity contribution in [3.8, 4) is 0 Å². The molecule has 3 N–H and O–H groups in total. The predicted octanol–water partition coefficient (Wildman–Crippen LogP) is 3.46. The normalized spacial score (nSPS) is 13.6. The summed E-state index contributed by atoms with van der Waals surface area (Å²) in [7, 11) is 1.61. The summed E-state index contributed by atoms with van der Waals surface area (Å²) in [6.07, 6.45) is 6.28. The number of rotatable bonds is 15. The lowest BCUT2D eigenvalue weighted by molar-refractivity contribution is -0.145. The Morgan fingerprint density at radius 3 is 2.52 bits per heavy atom. The number of hydrogen-bond acceptors (Lipinski definition) is 6. The number of hydrogen-bond donors (Lipinski definition) is 2. The molecule has 23 heavy (non-hydrogen) atoms. The van der Waals surface area contributed by atoms with E-state index in [-0.39, 0.29) is 31.7 Å². The maximum atomic E-state index is 11.9. The second-order valence-electron chi connectivity index (χ2n) is 5.67. The summed E-state index contributed by atoms with van der Waals surface area (Å²) in [6, 6.07) is 0. The highest BCUT2D eigenvalue weighted by Crippen LogP contribution is 2.51. The third-order valence-corrected chi connectivity index (χ3v) is 8.38. The van der Waals surface area contributed by atoms with Crippen LogP contribution in [0.25, 0.3) is 0 Å². The van der Waals surface area contributed by atoms with Gasteiger partial charge in [-0.2, -0.15) is 0 Å². The molecule has 0 spiro atoms. The van der Waals surface area contributed by atoms with Crippen LogP contribution in [-0.2, 0) is 14.3 Å². The molecule has 0 aliphatic heterocycles. The summed E-state index contributed by atoms with van der Waals surface area (Å²) in [6.45, 7) is 5.67. The predicted molar refractivity (Wildman–Crippen MR) is 101 cm³/mol. The fraction of sp³-hybridized carbons (Fsp3) is 0.875. The molecular formula is C16H33N2O3PS. The molecule has 5 nitrogen and oxygen atoms in total. The van der Waals surface area contributed by atoms with E-state index in [2.05, 4.69) is 19.2 Å². The van der Waals surface area contributed by atoms with E-state index in [1.54, 1.807) is 0 Å². The highest BCUT2D eigenvalue weighted by atomic mass is 32.7. The van der Waals surface area contributed by atoms with Gasteiger partial charge < -0.3 is 10.1 Å². The number of unbranched alkanes of at least 4 members (excludes halogenated alkanes) is 3. The van der Waals surface area contributed by atoms with Crippen molar-refractivity contribution in [1.29, 1.82) is 0 Å². The smallest absolute Gasteiger partial charge is 0.306 e. The van der Waals surface area contributed by atoms with Gasteiger partial charge in [0.15, 0.2) is 0 Å². The van der Waals surface area contributed by atoms with Gasteiger partial charge in [0.2, 0.25) is 0 Å². The van der Waals surface area contributed by atoms with E-state index in [1.165, 1.54) is 11.6 Å². The van der Waals surface area contributed by atoms with E-state index >= 15 is 0 Å². The van der Waals surface area contributed by atoms with E-state index in [1.807, 2.05) is 7.05 Å². The molecular weight excluding hydrogens is 331 g/mol. The van der Waals surface area contributed by atoms with Crippen LogP contribution in [0, 0.1) is 0 Å². The van der Waals surface area contributed by atoms with Crippen LogP contribution in [0.5, 0.6) is 0 Å². The summed E-state index contributed by atoms with van der Waals surface area (Å²) in [5, 5.41) is 8.75. The van der Waals surface area contributed by atoms with Crippen LogP contribution >= 0.6 is 18.7 Å². The lowest BCUT2D eigenvalue weighted by Crippen LogP contribution is -2.13. The minimum absolute atomic E-state index is 0.136. The molecule has 0 aliphatic carbocycles. The molecule has 0 radical (unpaired) electrons. The number of Topliss-reactive ketones (excluding diaryl/α,β-unsaturated/α-hetero) is 1. The first-order chi connectivity index (χ1) is 11.0. The zero-order valence-corrected chi connectivity index (χ0v) is 16.5. The van der Waals surface area contributed by atoms with E-state index < -0.39 is 0 Å². The number of ketones is 1. The third kappa shape index (κ3) is 12.9. The molecule has 136 valence electrons. The Labute approximate surface area is 146 Å². The van der Waals surface area contributed by atoms with E-state index in [0.29, 0.717) is 18.7 Å². The first-order valence-corrected chi connectivity index (χ1v) is 11.6. The van der Waals surface area contributed by atoms with Crippen LogP contribution in [0.2, 0.25) is 0 Å². The molecule has 0 rings (SSSR count).